The summed E-state index contributed by atoms with van der Waals surface area (Å²) in [5.74, 6) is -0.153. The van der Waals surface area contributed by atoms with E-state index in [1.165, 1.54) is 0 Å². The number of anilines is 2. The van der Waals surface area contributed by atoms with E-state index in [1.54, 1.807) is 24.1 Å². The van der Waals surface area contributed by atoms with Crippen LogP contribution in [0.3, 0.4) is 0 Å². The van der Waals surface area contributed by atoms with Crippen molar-refractivity contribution < 1.29 is 9.59 Å². The van der Waals surface area contributed by atoms with Gasteiger partial charge >= 0.3 is 0 Å². The van der Waals surface area contributed by atoms with Crippen LogP contribution in [-0.2, 0) is 11.2 Å². The minimum atomic E-state index is -0.178. The molecule has 1 aliphatic rings. The number of aromatic nitrogens is 1. The summed E-state index contributed by atoms with van der Waals surface area (Å²) < 4.78 is 0. The third kappa shape index (κ3) is 2.74. The van der Waals surface area contributed by atoms with Crippen LogP contribution in [0.15, 0.2) is 54.7 Å². The highest BCUT2D eigenvalue weighted by molar-refractivity contribution is 6.08. The van der Waals surface area contributed by atoms with Crippen LogP contribution in [-0.4, -0.2) is 23.3 Å². The number of hydrogen-bond acceptors (Lipinski definition) is 3. The molecule has 5 heteroatoms. The van der Waals surface area contributed by atoms with E-state index in [0.717, 1.165) is 28.6 Å². The van der Waals surface area contributed by atoms with Crippen molar-refractivity contribution in [1.29, 1.82) is 0 Å². The fourth-order valence-electron chi connectivity index (χ4n) is 3.27. The molecule has 2 heterocycles. The SMILES string of the molecule is CC(=O)N1CCc2cc(C(=O)Nc3cccc4cccnc34)ccc21. The highest BCUT2D eigenvalue weighted by Gasteiger charge is 2.23. The predicted molar refractivity (Wildman–Crippen MR) is 97.9 cm³/mol. The fraction of sp³-hybridized carbons (Fsp3) is 0.150. The van der Waals surface area contributed by atoms with Gasteiger partial charge in [0.05, 0.1) is 11.2 Å². The highest BCUT2D eigenvalue weighted by atomic mass is 16.2. The molecule has 0 saturated carbocycles. The monoisotopic (exact) mass is 331 g/mol. The van der Waals surface area contributed by atoms with Crippen LogP contribution in [0.25, 0.3) is 10.9 Å². The molecule has 1 N–H and O–H groups in total. The number of amides is 2. The van der Waals surface area contributed by atoms with Crippen LogP contribution in [0, 0.1) is 0 Å². The summed E-state index contributed by atoms with van der Waals surface area (Å²) in [6.45, 7) is 2.23. The fourth-order valence-corrected chi connectivity index (χ4v) is 3.27. The Morgan fingerprint density at radius 1 is 1.12 bits per heavy atom. The number of carbonyl (C=O) groups is 2. The molecule has 4 rings (SSSR count). The first-order chi connectivity index (χ1) is 12.1. The number of nitrogens with zero attached hydrogens (tertiary/aromatic N) is 2. The number of fused-ring (bicyclic) bond motifs is 2. The van der Waals surface area contributed by atoms with Crippen molar-refractivity contribution in [3.05, 3.63) is 65.9 Å². The zero-order chi connectivity index (χ0) is 17.4. The van der Waals surface area contributed by atoms with E-state index in [9.17, 15) is 9.59 Å². The Bertz CT molecular complexity index is 992. The summed E-state index contributed by atoms with van der Waals surface area (Å²) in [5.41, 5.74) is 3.96. The summed E-state index contributed by atoms with van der Waals surface area (Å²) in [4.78, 5) is 30.4. The van der Waals surface area contributed by atoms with Gasteiger partial charge in [0.25, 0.3) is 5.91 Å². The summed E-state index contributed by atoms with van der Waals surface area (Å²) >= 11 is 0. The van der Waals surface area contributed by atoms with Crippen LogP contribution in [0.4, 0.5) is 11.4 Å². The van der Waals surface area contributed by atoms with Crippen LogP contribution in [0.2, 0.25) is 0 Å². The Labute approximate surface area is 145 Å². The largest absolute Gasteiger partial charge is 0.320 e. The second-order valence-electron chi connectivity index (χ2n) is 6.10. The second-order valence-corrected chi connectivity index (χ2v) is 6.10. The maximum atomic E-state index is 12.7. The number of carbonyl (C=O) groups excluding carboxylic acids is 2. The van der Waals surface area contributed by atoms with Gasteiger partial charge in [0, 0.05) is 36.3 Å². The molecule has 0 saturated heterocycles. The van der Waals surface area contributed by atoms with Gasteiger partial charge in [-0.15, -0.1) is 0 Å². The molecule has 0 unspecified atom stereocenters. The topological polar surface area (TPSA) is 62.3 Å². The molecule has 1 aliphatic heterocycles. The maximum Gasteiger partial charge on any atom is 0.255 e. The van der Waals surface area contributed by atoms with Gasteiger partial charge in [0.1, 0.15) is 0 Å². The molecule has 25 heavy (non-hydrogen) atoms. The van der Waals surface area contributed by atoms with E-state index in [-0.39, 0.29) is 11.8 Å². The van der Waals surface area contributed by atoms with Crippen molar-refractivity contribution >= 4 is 34.1 Å². The molecule has 0 fully saturated rings. The molecule has 2 aromatic carbocycles. The number of rotatable bonds is 2. The van der Waals surface area contributed by atoms with Crippen molar-refractivity contribution in [1.82, 2.24) is 4.98 Å². The van der Waals surface area contributed by atoms with E-state index in [2.05, 4.69) is 10.3 Å². The van der Waals surface area contributed by atoms with E-state index >= 15 is 0 Å². The molecule has 124 valence electrons. The first kappa shape index (κ1) is 15.3. The smallest absolute Gasteiger partial charge is 0.255 e. The van der Waals surface area contributed by atoms with Gasteiger partial charge in [-0.25, -0.2) is 0 Å². The average molecular weight is 331 g/mol. The summed E-state index contributed by atoms with van der Waals surface area (Å²) in [5, 5.41) is 3.92. The van der Waals surface area contributed by atoms with Gasteiger partial charge in [-0.1, -0.05) is 18.2 Å². The summed E-state index contributed by atoms with van der Waals surface area (Å²) in [6.07, 6.45) is 2.48. The number of benzene rings is 2. The molecule has 5 nitrogen and oxygen atoms in total. The Morgan fingerprint density at radius 2 is 1.96 bits per heavy atom. The molecule has 2 amide bonds. The van der Waals surface area contributed by atoms with Crippen LogP contribution in [0.1, 0.15) is 22.8 Å². The lowest BCUT2D eigenvalue weighted by Gasteiger charge is -2.15. The highest BCUT2D eigenvalue weighted by Crippen LogP contribution is 2.29. The number of hydrogen-bond donors (Lipinski definition) is 1. The number of nitrogens with one attached hydrogen (secondary N) is 1. The summed E-state index contributed by atoms with van der Waals surface area (Å²) in [7, 11) is 0. The maximum absolute atomic E-state index is 12.7. The molecule has 0 spiro atoms. The predicted octanol–water partition coefficient (Wildman–Crippen LogP) is 3.40. The Kier molecular flexibility index (Phi) is 3.69. The molecule has 0 atom stereocenters. The van der Waals surface area contributed by atoms with E-state index in [1.807, 2.05) is 42.5 Å². The lowest BCUT2D eigenvalue weighted by Crippen LogP contribution is -2.25. The molecule has 0 aliphatic carbocycles. The zero-order valence-corrected chi connectivity index (χ0v) is 13.8. The first-order valence-corrected chi connectivity index (χ1v) is 8.19. The number of para-hydroxylation sites is 1. The molecule has 0 radical (unpaired) electrons. The van der Waals surface area contributed by atoms with Gasteiger partial charge in [0.2, 0.25) is 5.91 Å². The van der Waals surface area contributed by atoms with Gasteiger partial charge in [0.15, 0.2) is 0 Å². The van der Waals surface area contributed by atoms with Gasteiger partial charge in [-0.05, 0) is 42.3 Å². The third-order valence-electron chi connectivity index (χ3n) is 4.50. The first-order valence-electron chi connectivity index (χ1n) is 8.19. The van der Waals surface area contributed by atoms with Crippen molar-refractivity contribution in [2.24, 2.45) is 0 Å². The van der Waals surface area contributed by atoms with Crippen molar-refractivity contribution in [3.63, 3.8) is 0 Å². The minimum Gasteiger partial charge on any atom is -0.320 e. The third-order valence-corrected chi connectivity index (χ3v) is 4.50. The lowest BCUT2D eigenvalue weighted by atomic mass is 10.1. The molecular formula is C20H17N3O2. The van der Waals surface area contributed by atoms with E-state index < -0.39 is 0 Å². The molecule has 1 aromatic heterocycles. The normalized spacial score (nSPS) is 12.9. The summed E-state index contributed by atoms with van der Waals surface area (Å²) in [6, 6.07) is 15.0. The van der Waals surface area contributed by atoms with Crippen molar-refractivity contribution in [2.75, 3.05) is 16.8 Å². The van der Waals surface area contributed by atoms with E-state index in [0.29, 0.717) is 17.8 Å². The Balaban J connectivity index is 1.63. The Morgan fingerprint density at radius 3 is 2.80 bits per heavy atom. The van der Waals surface area contributed by atoms with Crippen LogP contribution >= 0.6 is 0 Å². The average Bonchev–Trinajstić information content (AvgIpc) is 3.05. The molecular weight excluding hydrogens is 314 g/mol. The van der Waals surface area contributed by atoms with Crippen molar-refractivity contribution in [2.45, 2.75) is 13.3 Å². The van der Waals surface area contributed by atoms with Gasteiger partial charge < -0.3 is 10.2 Å². The quantitative estimate of drug-likeness (QED) is 0.783. The Hall–Kier alpha value is -3.21. The minimum absolute atomic E-state index is 0.0257. The van der Waals surface area contributed by atoms with Gasteiger partial charge in [-0.2, -0.15) is 0 Å². The van der Waals surface area contributed by atoms with E-state index in [4.69, 9.17) is 0 Å². The van der Waals surface area contributed by atoms with Crippen LogP contribution in [0.5, 0.6) is 0 Å². The molecule has 3 aromatic rings. The standard InChI is InChI=1S/C20H17N3O2/c1-13(24)23-11-9-15-12-16(7-8-18(15)23)20(25)22-17-6-2-4-14-5-3-10-21-19(14)17/h2-8,10,12H,9,11H2,1H3,(H,22,25). The number of pyridine rings is 1. The van der Waals surface area contributed by atoms with Gasteiger partial charge in [-0.3, -0.25) is 14.6 Å². The van der Waals surface area contributed by atoms with Crippen LogP contribution < -0.4 is 10.2 Å². The van der Waals surface area contributed by atoms with Crippen molar-refractivity contribution in [3.8, 4) is 0 Å². The lowest BCUT2D eigenvalue weighted by molar-refractivity contribution is -0.116. The zero-order valence-electron chi connectivity index (χ0n) is 13.8. The second kappa shape index (κ2) is 6.02. The molecule has 0 bridgehead atoms.